The molecule has 0 spiro atoms. The van der Waals surface area contributed by atoms with Crippen LogP contribution in [-0.4, -0.2) is 12.6 Å². The van der Waals surface area contributed by atoms with Crippen LogP contribution in [0.4, 0.5) is 4.79 Å². The van der Waals surface area contributed by atoms with Crippen LogP contribution >= 0.6 is 0 Å². The van der Waals surface area contributed by atoms with Gasteiger partial charge in [-0.1, -0.05) is 13.8 Å². The van der Waals surface area contributed by atoms with E-state index in [4.69, 9.17) is 5.73 Å². The van der Waals surface area contributed by atoms with Crippen LogP contribution in [0.15, 0.2) is 0 Å². The van der Waals surface area contributed by atoms with Crippen molar-refractivity contribution in [3.8, 4) is 0 Å². The van der Waals surface area contributed by atoms with Crippen LogP contribution in [0.3, 0.4) is 0 Å². The molecule has 0 aliphatic rings. The van der Waals surface area contributed by atoms with Crippen molar-refractivity contribution in [2.45, 2.75) is 20.3 Å². The summed E-state index contributed by atoms with van der Waals surface area (Å²) < 4.78 is 0. The molecule has 9 heavy (non-hydrogen) atoms. The maximum Gasteiger partial charge on any atom is 0.333 e. The zero-order valence-corrected chi connectivity index (χ0v) is 5.92. The maximum absolute atomic E-state index is 10.0. The third-order valence-corrected chi connectivity index (χ3v) is 0.974. The van der Waals surface area contributed by atoms with Crippen LogP contribution in [0.1, 0.15) is 20.3 Å². The van der Waals surface area contributed by atoms with Crippen LogP contribution < -0.4 is 11.1 Å². The molecule has 53 valence electrons. The van der Waals surface area contributed by atoms with Crippen molar-refractivity contribution in [1.29, 1.82) is 0 Å². The summed E-state index contributed by atoms with van der Waals surface area (Å²) in [4.78, 5) is 10.0. The van der Waals surface area contributed by atoms with Crippen molar-refractivity contribution >= 4 is 6.03 Å². The lowest BCUT2D eigenvalue weighted by Gasteiger charge is -2.00. The largest absolute Gasteiger partial charge is 0.350 e. The van der Waals surface area contributed by atoms with E-state index in [1.807, 2.05) is 0 Å². The van der Waals surface area contributed by atoms with Crippen LogP contribution in [0.25, 0.3) is 0 Å². The second kappa shape index (κ2) is 4.18. The summed E-state index contributed by atoms with van der Waals surface area (Å²) in [5, 5.41) is 3.50. The van der Waals surface area contributed by atoms with Crippen molar-refractivity contribution < 1.29 is 4.79 Å². The molecule has 2 amide bonds. The summed E-state index contributed by atoms with van der Waals surface area (Å²) in [5.74, 6) is 0.591. The van der Waals surface area contributed by atoms with Crippen LogP contribution in [0, 0.1) is 5.92 Å². The lowest BCUT2D eigenvalue weighted by Crippen LogP contribution is -2.23. The fraction of sp³-hybridized carbons (Fsp3) is 0.833. The smallest absolute Gasteiger partial charge is 0.333 e. The maximum atomic E-state index is 10.0. The molecular formula is C6H13N2O. The van der Waals surface area contributed by atoms with Crippen molar-refractivity contribution in [1.82, 2.24) is 5.32 Å². The van der Waals surface area contributed by atoms with Crippen molar-refractivity contribution in [3.05, 3.63) is 0 Å². The molecule has 3 heteroatoms. The van der Waals surface area contributed by atoms with E-state index in [1.54, 1.807) is 0 Å². The van der Waals surface area contributed by atoms with E-state index in [9.17, 15) is 4.79 Å². The number of primary amides is 1. The molecule has 0 aliphatic heterocycles. The molecular weight excluding hydrogens is 116 g/mol. The van der Waals surface area contributed by atoms with Gasteiger partial charge in [-0.15, -0.1) is 0 Å². The van der Waals surface area contributed by atoms with Gasteiger partial charge in [0.25, 0.3) is 0 Å². The van der Waals surface area contributed by atoms with Crippen molar-refractivity contribution in [2.75, 3.05) is 6.54 Å². The Bertz CT molecular complexity index is 91.1. The van der Waals surface area contributed by atoms with Gasteiger partial charge in [0.1, 0.15) is 0 Å². The molecule has 0 atom stereocenters. The van der Waals surface area contributed by atoms with Gasteiger partial charge in [-0.05, 0) is 12.3 Å². The first kappa shape index (κ1) is 8.27. The molecule has 0 unspecified atom stereocenters. The molecule has 0 bridgehead atoms. The van der Waals surface area contributed by atoms with Crippen LogP contribution in [-0.2, 0) is 0 Å². The van der Waals surface area contributed by atoms with Crippen LogP contribution in [0.2, 0.25) is 0 Å². The minimum absolute atomic E-state index is 0.560. The summed E-state index contributed by atoms with van der Waals surface area (Å²) in [5.41, 5.74) is 4.77. The van der Waals surface area contributed by atoms with E-state index in [-0.39, 0.29) is 0 Å². The van der Waals surface area contributed by atoms with E-state index in [0.29, 0.717) is 12.5 Å². The minimum atomic E-state index is -0.560. The number of carbonyl (C=O) groups is 1. The average molecular weight is 129 g/mol. The molecule has 0 aromatic rings. The summed E-state index contributed by atoms with van der Waals surface area (Å²) in [6.07, 6.45) is 0.933. The van der Waals surface area contributed by atoms with Gasteiger partial charge in [-0.25, -0.2) is 10.1 Å². The minimum Gasteiger partial charge on any atom is -0.350 e. The first-order chi connectivity index (χ1) is 4.13. The van der Waals surface area contributed by atoms with Gasteiger partial charge in [-0.3, -0.25) is 0 Å². The van der Waals surface area contributed by atoms with Gasteiger partial charge in [-0.2, -0.15) is 0 Å². The first-order valence-electron chi connectivity index (χ1n) is 3.10. The number of carbonyl (C=O) groups excluding carboxylic acids is 1. The number of nitrogens with zero attached hydrogens (tertiary/aromatic N) is 1. The van der Waals surface area contributed by atoms with E-state index in [0.717, 1.165) is 6.42 Å². The Morgan fingerprint density at radius 2 is 2.22 bits per heavy atom. The molecule has 0 saturated heterocycles. The Morgan fingerprint density at radius 3 is 2.56 bits per heavy atom. The van der Waals surface area contributed by atoms with E-state index < -0.39 is 6.03 Å². The van der Waals surface area contributed by atoms with Crippen molar-refractivity contribution in [3.63, 3.8) is 0 Å². The Labute approximate surface area is 55.6 Å². The van der Waals surface area contributed by atoms with Gasteiger partial charge in [0, 0.05) is 6.54 Å². The summed E-state index contributed by atoms with van der Waals surface area (Å²) >= 11 is 0. The fourth-order valence-corrected chi connectivity index (χ4v) is 0.433. The Hall–Kier alpha value is -0.730. The second-order valence-electron chi connectivity index (χ2n) is 2.40. The number of urea groups is 1. The normalized spacial score (nSPS) is 9.67. The van der Waals surface area contributed by atoms with Gasteiger partial charge < -0.3 is 5.73 Å². The number of nitrogens with two attached hydrogens (primary N) is 1. The molecule has 0 aromatic carbocycles. The predicted molar refractivity (Wildman–Crippen MR) is 36.0 cm³/mol. The van der Waals surface area contributed by atoms with E-state index in [1.165, 1.54) is 0 Å². The van der Waals surface area contributed by atoms with Crippen molar-refractivity contribution in [2.24, 2.45) is 11.7 Å². The third-order valence-electron chi connectivity index (χ3n) is 0.974. The SMILES string of the molecule is CC(C)CC[N]C(N)=O. The molecule has 0 aliphatic carbocycles. The number of hydrogen-bond acceptors (Lipinski definition) is 1. The Kier molecular flexibility index (Phi) is 3.84. The number of hydrogen-bond donors (Lipinski definition) is 1. The highest BCUT2D eigenvalue weighted by Gasteiger charge is 1.95. The monoisotopic (exact) mass is 129 g/mol. The van der Waals surface area contributed by atoms with E-state index >= 15 is 0 Å². The summed E-state index contributed by atoms with van der Waals surface area (Å²) in [6, 6.07) is -0.560. The Morgan fingerprint density at radius 1 is 1.67 bits per heavy atom. The molecule has 3 nitrogen and oxygen atoms in total. The highest BCUT2D eigenvalue weighted by atomic mass is 16.2. The number of rotatable bonds is 3. The summed E-state index contributed by atoms with van der Waals surface area (Å²) in [6.45, 7) is 4.72. The third kappa shape index (κ3) is 7.27. The lowest BCUT2D eigenvalue weighted by molar-refractivity contribution is 0.247. The first-order valence-corrected chi connectivity index (χ1v) is 3.10. The quantitative estimate of drug-likeness (QED) is 0.599. The molecule has 2 N–H and O–H groups in total. The Balaban J connectivity index is 3.01. The standard InChI is InChI=1S/C6H13N2O/c1-5(2)3-4-8-6(7)9/h5H,3-4H2,1-2H3,(H2,7,9). The average Bonchev–Trinajstić information content (AvgIpc) is 1.63. The zero-order valence-electron chi connectivity index (χ0n) is 5.92. The molecule has 0 aromatic heterocycles. The molecule has 0 saturated carbocycles. The molecule has 0 fully saturated rings. The van der Waals surface area contributed by atoms with Gasteiger partial charge in [0.2, 0.25) is 0 Å². The van der Waals surface area contributed by atoms with Gasteiger partial charge in [0.15, 0.2) is 0 Å². The highest BCUT2D eigenvalue weighted by molar-refractivity contribution is 5.71. The van der Waals surface area contributed by atoms with Crippen LogP contribution in [0.5, 0.6) is 0 Å². The number of amides is 2. The topological polar surface area (TPSA) is 57.2 Å². The predicted octanol–water partition coefficient (Wildman–Crippen LogP) is 0.716. The highest BCUT2D eigenvalue weighted by Crippen LogP contribution is 1.96. The fourth-order valence-electron chi connectivity index (χ4n) is 0.433. The van der Waals surface area contributed by atoms with Gasteiger partial charge in [0.05, 0.1) is 0 Å². The lowest BCUT2D eigenvalue weighted by atomic mass is 10.1. The zero-order chi connectivity index (χ0) is 7.28. The van der Waals surface area contributed by atoms with Gasteiger partial charge >= 0.3 is 6.03 Å². The molecule has 0 heterocycles. The molecule has 0 rings (SSSR count). The molecule has 1 radical (unpaired) electrons. The summed E-state index contributed by atoms with van der Waals surface area (Å²) in [7, 11) is 0. The van der Waals surface area contributed by atoms with E-state index in [2.05, 4.69) is 19.2 Å². The second-order valence-corrected chi connectivity index (χ2v) is 2.40.